The molecule has 0 aliphatic heterocycles. The fourth-order valence-corrected chi connectivity index (χ4v) is 2.61. The zero-order chi connectivity index (χ0) is 12.1. The molecular formula is C15H15NS. The fourth-order valence-electron chi connectivity index (χ4n) is 1.85. The van der Waals surface area contributed by atoms with Crippen molar-refractivity contribution in [2.75, 3.05) is 0 Å². The molecule has 1 aromatic carbocycles. The first-order valence-corrected chi connectivity index (χ1v) is 6.72. The molecule has 1 nitrogen and oxygen atoms in total. The van der Waals surface area contributed by atoms with E-state index >= 15 is 0 Å². The van der Waals surface area contributed by atoms with E-state index in [2.05, 4.69) is 48.7 Å². The summed E-state index contributed by atoms with van der Waals surface area (Å²) in [4.78, 5) is 1.27. The normalized spacial score (nSPS) is 12.0. The summed E-state index contributed by atoms with van der Waals surface area (Å²) in [5.41, 5.74) is 2.44. The van der Waals surface area contributed by atoms with Crippen molar-refractivity contribution in [2.45, 2.75) is 25.7 Å². The van der Waals surface area contributed by atoms with Gasteiger partial charge in [-0.2, -0.15) is 5.26 Å². The lowest BCUT2D eigenvalue weighted by Gasteiger charge is -2.08. The number of benzene rings is 1. The summed E-state index contributed by atoms with van der Waals surface area (Å²) in [6, 6.07) is 14.9. The molecule has 0 saturated heterocycles. The van der Waals surface area contributed by atoms with Crippen molar-refractivity contribution in [3.8, 4) is 6.07 Å². The van der Waals surface area contributed by atoms with Crippen molar-refractivity contribution >= 4 is 11.3 Å². The van der Waals surface area contributed by atoms with Gasteiger partial charge in [0.25, 0.3) is 0 Å². The van der Waals surface area contributed by atoms with Crippen molar-refractivity contribution in [2.24, 2.45) is 0 Å². The van der Waals surface area contributed by atoms with E-state index in [1.807, 2.05) is 6.07 Å². The molecular weight excluding hydrogens is 226 g/mol. The van der Waals surface area contributed by atoms with Crippen LogP contribution in [0, 0.1) is 11.3 Å². The molecule has 1 aromatic heterocycles. The maximum Gasteiger partial charge on any atom is 0.0760 e. The average Bonchev–Trinajstić information content (AvgIpc) is 2.89. The lowest BCUT2D eigenvalue weighted by molar-refractivity contribution is 0.861. The van der Waals surface area contributed by atoms with Crippen LogP contribution >= 0.6 is 11.3 Å². The fraction of sp³-hybridized carbons (Fsp3) is 0.267. The second kappa shape index (κ2) is 5.65. The number of thiophene rings is 1. The van der Waals surface area contributed by atoms with Gasteiger partial charge in [0.1, 0.15) is 0 Å². The molecule has 2 heteroatoms. The van der Waals surface area contributed by atoms with E-state index in [4.69, 9.17) is 0 Å². The molecule has 0 aliphatic rings. The molecule has 2 rings (SSSR count). The van der Waals surface area contributed by atoms with Gasteiger partial charge in [0.2, 0.25) is 0 Å². The first-order chi connectivity index (χ1) is 8.33. The molecule has 0 fully saturated rings. The highest BCUT2D eigenvalue weighted by atomic mass is 32.1. The van der Waals surface area contributed by atoms with E-state index < -0.39 is 0 Å². The molecule has 0 spiro atoms. The van der Waals surface area contributed by atoms with Crippen molar-refractivity contribution in [3.63, 3.8) is 0 Å². The van der Waals surface area contributed by atoms with E-state index in [0.29, 0.717) is 0 Å². The lowest BCUT2D eigenvalue weighted by Crippen LogP contribution is -1.99. The summed E-state index contributed by atoms with van der Waals surface area (Å²) in [5.74, 6) is -0.0282. The number of hydrogen-bond donors (Lipinski definition) is 0. The van der Waals surface area contributed by atoms with Crippen molar-refractivity contribution < 1.29 is 0 Å². The van der Waals surface area contributed by atoms with Gasteiger partial charge in [-0.3, -0.25) is 0 Å². The molecule has 17 heavy (non-hydrogen) atoms. The van der Waals surface area contributed by atoms with Gasteiger partial charge in [0.05, 0.1) is 12.0 Å². The summed E-state index contributed by atoms with van der Waals surface area (Å²) >= 11 is 1.72. The van der Waals surface area contributed by atoms with Crippen LogP contribution in [0.3, 0.4) is 0 Å². The zero-order valence-electron chi connectivity index (χ0n) is 9.89. The van der Waals surface area contributed by atoms with Gasteiger partial charge in [0.15, 0.2) is 0 Å². The minimum atomic E-state index is -0.0282. The maximum atomic E-state index is 9.26. The number of hydrogen-bond acceptors (Lipinski definition) is 2. The van der Waals surface area contributed by atoms with Gasteiger partial charge in [-0.15, -0.1) is 11.3 Å². The molecule has 1 unspecified atom stereocenters. The van der Waals surface area contributed by atoms with Gasteiger partial charge in [-0.05, 0) is 29.0 Å². The van der Waals surface area contributed by atoms with Crippen LogP contribution < -0.4 is 0 Å². The molecule has 0 N–H and O–H groups in total. The summed E-state index contributed by atoms with van der Waals surface area (Å²) in [6.45, 7) is 2.14. The Balaban J connectivity index is 2.15. The van der Waals surface area contributed by atoms with Crippen LogP contribution in [-0.2, 0) is 12.8 Å². The Hall–Kier alpha value is -1.59. The Labute approximate surface area is 106 Å². The number of nitrogens with zero attached hydrogens (tertiary/aromatic N) is 1. The highest BCUT2D eigenvalue weighted by molar-refractivity contribution is 7.09. The maximum absolute atomic E-state index is 9.26. The largest absolute Gasteiger partial charge is 0.198 e. The molecule has 0 bridgehead atoms. The third-order valence-electron chi connectivity index (χ3n) is 2.93. The highest BCUT2D eigenvalue weighted by Gasteiger charge is 2.11. The van der Waals surface area contributed by atoms with Crippen molar-refractivity contribution in [3.05, 3.63) is 57.8 Å². The standard InChI is InChI=1S/C15H15NS/c1-2-12-5-7-13(8-6-12)14(11-16)10-15-4-3-9-17-15/h3-9,14H,2,10H2,1H3. The first kappa shape index (κ1) is 11.9. The topological polar surface area (TPSA) is 23.8 Å². The van der Waals surface area contributed by atoms with E-state index in [-0.39, 0.29) is 5.92 Å². The number of aryl methyl sites for hydroxylation is 1. The van der Waals surface area contributed by atoms with E-state index in [1.54, 1.807) is 11.3 Å². The molecule has 1 atom stereocenters. The van der Waals surface area contributed by atoms with E-state index in [1.165, 1.54) is 10.4 Å². The van der Waals surface area contributed by atoms with E-state index in [9.17, 15) is 5.26 Å². The Bertz CT molecular complexity index is 491. The zero-order valence-corrected chi connectivity index (χ0v) is 10.7. The summed E-state index contributed by atoms with van der Waals surface area (Å²) in [7, 11) is 0. The third-order valence-corrected chi connectivity index (χ3v) is 3.83. The average molecular weight is 241 g/mol. The predicted molar refractivity (Wildman–Crippen MR) is 72.2 cm³/mol. The predicted octanol–water partition coefficient (Wildman–Crippen LogP) is 4.16. The Kier molecular flexibility index (Phi) is 3.95. The van der Waals surface area contributed by atoms with Crippen LogP contribution in [0.4, 0.5) is 0 Å². The van der Waals surface area contributed by atoms with Crippen LogP contribution in [-0.4, -0.2) is 0 Å². The summed E-state index contributed by atoms with van der Waals surface area (Å²) in [6.07, 6.45) is 1.86. The molecule has 1 heterocycles. The quantitative estimate of drug-likeness (QED) is 0.788. The third kappa shape index (κ3) is 2.95. The Morgan fingerprint density at radius 3 is 2.53 bits per heavy atom. The van der Waals surface area contributed by atoms with Crippen LogP contribution in [0.1, 0.15) is 28.8 Å². The van der Waals surface area contributed by atoms with Crippen LogP contribution in [0.5, 0.6) is 0 Å². The molecule has 0 saturated carbocycles. The lowest BCUT2D eigenvalue weighted by atomic mass is 9.95. The van der Waals surface area contributed by atoms with Gasteiger partial charge in [-0.1, -0.05) is 37.3 Å². The number of nitriles is 1. The first-order valence-electron chi connectivity index (χ1n) is 5.84. The van der Waals surface area contributed by atoms with Gasteiger partial charge < -0.3 is 0 Å². The summed E-state index contributed by atoms with van der Waals surface area (Å²) < 4.78 is 0. The summed E-state index contributed by atoms with van der Waals surface area (Å²) in [5, 5.41) is 11.3. The second-order valence-corrected chi connectivity index (χ2v) is 5.09. The molecule has 2 aromatic rings. The van der Waals surface area contributed by atoms with Crippen LogP contribution in [0.15, 0.2) is 41.8 Å². The van der Waals surface area contributed by atoms with E-state index in [0.717, 1.165) is 18.4 Å². The molecule has 0 amide bonds. The van der Waals surface area contributed by atoms with Gasteiger partial charge in [0, 0.05) is 11.3 Å². The smallest absolute Gasteiger partial charge is 0.0760 e. The number of rotatable bonds is 4. The second-order valence-electron chi connectivity index (χ2n) is 4.06. The molecule has 86 valence electrons. The SMILES string of the molecule is CCc1ccc(C(C#N)Cc2cccs2)cc1. The highest BCUT2D eigenvalue weighted by Crippen LogP contribution is 2.23. The molecule has 0 aliphatic carbocycles. The van der Waals surface area contributed by atoms with Gasteiger partial charge >= 0.3 is 0 Å². The minimum Gasteiger partial charge on any atom is -0.198 e. The van der Waals surface area contributed by atoms with Crippen LogP contribution in [0.2, 0.25) is 0 Å². The Morgan fingerprint density at radius 2 is 2.00 bits per heavy atom. The molecule has 0 radical (unpaired) electrons. The van der Waals surface area contributed by atoms with Gasteiger partial charge in [-0.25, -0.2) is 0 Å². The monoisotopic (exact) mass is 241 g/mol. The Morgan fingerprint density at radius 1 is 1.24 bits per heavy atom. The minimum absolute atomic E-state index is 0.0282. The van der Waals surface area contributed by atoms with Crippen molar-refractivity contribution in [1.82, 2.24) is 0 Å². The van der Waals surface area contributed by atoms with Crippen LogP contribution in [0.25, 0.3) is 0 Å². The van der Waals surface area contributed by atoms with Crippen molar-refractivity contribution in [1.29, 1.82) is 5.26 Å².